The first kappa shape index (κ1) is 18.0. The highest BCUT2D eigenvalue weighted by atomic mass is 16.5. The molecule has 3 aromatic rings. The lowest BCUT2D eigenvalue weighted by atomic mass is 10.2. The molecule has 0 radical (unpaired) electrons. The molecule has 1 heterocycles. The summed E-state index contributed by atoms with van der Waals surface area (Å²) in [6, 6.07) is 19.3. The first-order chi connectivity index (χ1) is 12.6. The number of ether oxygens (including phenoxy) is 1. The second-order valence-corrected chi connectivity index (χ2v) is 6.38. The first-order valence-electron chi connectivity index (χ1n) is 8.76. The number of carbonyl (C=O) groups excluding carboxylic acids is 1. The SMILES string of the molecule is C[C@H](NC(=O)CN(C)CCOc1ccccc1)c1cc2ccccc2o1. The number of hydrogen-bond acceptors (Lipinski definition) is 4. The van der Waals surface area contributed by atoms with Crippen LogP contribution >= 0.6 is 0 Å². The van der Waals surface area contributed by atoms with Gasteiger partial charge in [-0.2, -0.15) is 0 Å². The van der Waals surface area contributed by atoms with Crippen LogP contribution in [0.4, 0.5) is 0 Å². The Hall–Kier alpha value is -2.79. The number of rotatable bonds is 8. The van der Waals surface area contributed by atoms with Crippen molar-refractivity contribution >= 4 is 16.9 Å². The molecule has 0 saturated heterocycles. The smallest absolute Gasteiger partial charge is 0.234 e. The van der Waals surface area contributed by atoms with Crippen molar-refractivity contribution in [2.75, 3.05) is 26.7 Å². The highest BCUT2D eigenvalue weighted by Gasteiger charge is 2.15. The lowest BCUT2D eigenvalue weighted by Crippen LogP contribution is -2.37. The van der Waals surface area contributed by atoms with E-state index in [9.17, 15) is 4.79 Å². The van der Waals surface area contributed by atoms with Crippen LogP contribution in [-0.2, 0) is 4.79 Å². The summed E-state index contributed by atoms with van der Waals surface area (Å²) in [6.07, 6.45) is 0. The van der Waals surface area contributed by atoms with Crippen molar-refractivity contribution in [1.29, 1.82) is 0 Å². The number of likely N-dealkylation sites (N-methyl/N-ethyl adjacent to an activating group) is 1. The average molecular weight is 352 g/mol. The summed E-state index contributed by atoms with van der Waals surface area (Å²) in [4.78, 5) is 14.2. The fourth-order valence-electron chi connectivity index (χ4n) is 2.73. The quantitative estimate of drug-likeness (QED) is 0.673. The van der Waals surface area contributed by atoms with Gasteiger partial charge in [-0.1, -0.05) is 36.4 Å². The van der Waals surface area contributed by atoms with Gasteiger partial charge in [0.2, 0.25) is 5.91 Å². The molecule has 3 rings (SSSR count). The summed E-state index contributed by atoms with van der Waals surface area (Å²) >= 11 is 0. The van der Waals surface area contributed by atoms with E-state index in [-0.39, 0.29) is 11.9 Å². The van der Waals surface area contributed by atoms with Crippen LogP contribution in [-0.4, -0.2) is 37.6 Å². The van der Waals surface area contributed by atoms with Crippen LogP contribution in [0.25, 0.3) is 11.0 Å². The number of fused-ring (bicyclic) bond motifs is 1. The summed E-state index contributed by atoms with van der Waals surface area (Å²) in [6.45, 7) is 3.44. The fraction of sp³-hybridized carbons (Fsp3) is 0.286. The number of amides is 1. The molecule has 0 aliphatic rings. The van der Waals surface area contributed by atoms with E-state index in [1.807, 2.05) is 79.5 Å². The van der Waals surface area contributed by atoms with Gasteiger partial charge in [0.1, 0.15) is 23.7 Å². The molecular weight excluding hydrogens is 328 g/mol. The zero-order valence-corrected chi connectivity index (χ0v) is 15.1. The van der Waals surface area contributed by atoms with Crippen LogP contribution < -0.4 is 10.1 Å². The van der Waals surface area contributed by atoms with E-state index in [4.69, 9.17) is 9.15 Å². The molecule has 1 atom stereocenters. The van der Waals surface area contributed by atoms with Gasteiger partial charge in [-0.05, 0) is 38.2 Å². The zero-order valence-electron chi connectivity index (χ0n) is 15.1. The Balaban J connectivity index is 1.43. The second-order valence-electron chi connectivity index (χ2n) is 6.38. The topological polar surface area (TPSA) is 54.7 Å². The number of carbonyl (C=O) groups is 1. The highest BCUT2D eigenvalue weighted by molar-refractivity contribution is 5.80. The molecule has 1 aromatic heterocycles. The number of nitrogens with one attached hydrogen (secondary N) is 1. The summed E-state index contributed by atoms with van der Waals surface area (Å²) in [5, 5.41) is 4.02. The van der Waals surface area contributed by atoms with Crippen LogP contribution in [0.2, 0.25) is 0 Å². The molecule has 0 bridgehead atoms. The lowest BCUT2D eigenvalue weighted by molar-refractivity contribution is -0.122. The largest absolute Gasteiger partial charge is 0.492 e. The maximum absolute atomic E-state index is 12.3. The fourth-order valence-corrected chi connectivity index (χ4v) is 2.73. The zero-order chi connectivity index (χ0) is 18.4. The molecule has 0 spiro atoms. The van der Waals surface area contributed by atoms with Crippen LogP contribution in [0.5, 0.6) is 5.75 Å². The molecular formula is C21H24N2O3. The minimum absolute atomic E-state index is 0.0415. The number of benzene rings is 2. The maximum Gasteiger partial charge on any atom is 0.234 e. The van der Waals surface area contributed by atoms with Crippen LogP contribution in [0.15, 0.2) is 65.1 Å². The molecule has 0 fully saturated rings. The molecule has 5 nitrogen and oxygen atoms in total. The highest BCUT2D eigenvalue weighted by Crippen LogP contribution is 2.23. The van der Waals surface area contributed by atoms with Gasteiger partial charge in [0.25, 0.3) is 0 Å². The van der Waals surface area contributed by atoms with Gasteiger partial charge in [-0.25, -0.2) is 0 Å². The lowest BCUT2D eigenvalue weighted by Gasteiger charge is -2.18. The van der Waals surface area contributed by atoms with Gasteiger partial charge in [-0.3, -0.25) is 9.69 Å². The van der Waals surface area contributed by atoms with E-state index in [2.05, 4.69) is 5.32 Å². The molecule has 1 amide bonds. The minimum Gasteiger partial charge on any atom is -0.492 e. The summed E-state index contributed by atoms with van der Waals surface area (Å²) in [5.74, 6) is 1.55. The molecule has 0 aliphatic heterocycles. The number of para-hydroxylation sites is 2. The Morgan fingerprint density at radius 3 is 2.65 bits per heavy atom. The van der Waals surface area contributed by atoms with Crippen molar-refractivity contribution in [3.8, 4) is 5.75 Å². The molecule has 26 heavy (non-hydrogen) atoms. The van der Waals surface area contributed by atoms with Gasteiger partial charge in [0, 0.05) is 11.9 Å². The molecule has 136 valence electrons. The van der Waals surface area contributed by atoms with Gasteiger partial charge < -0.3 is 14.5 Å². The van der Waals surface area contributed by atoms with Crippen molar-refractivity contribution in [3.63, 3.8) is 0 Å². The second kappa shape index (κ2) is 8.54. The monoisotopic (exact) mass is 352 g/mol. The molecule has 2 aromatic carbocycles. The molecule has 1 N–H and O–H groups in total. The third kappa shape index (κ3) is 4.86. The van der Waals surface area contributed by atoms with Crippen molar-refractivity contribution < 1.29 is 13.9 Å². The van der Waals surface area contributed by atoms with Gasteiger partial charge in [0.15, 0.2) is 0 Å². The van der Waals surface area contributed by atoms with Gasteiger partial charge in [-0.15, -0.1) is 0 Å². The molecule has 0 saturated carbocycles. The number of hydrogen-bond donors (Lipinski definition) is 1. The van der Waals surface area contributed by atoms with E-state index < -0.39 is 0 Å². The Labute approximate surface area is 153 Å². The third-order valence-corrected chi connectivity index (χ3v) is 4.15. The van der Waals surface area contributed by atoms with Crippen molar-refractivity contribution in [3.05, 3.63) is 66.4 Å². The molecule has 0 unspecified atom stereocenters. The van der Waals surface area contributed by atoms with Crippen molar-refractivity contribution in [1.82, 2.24) is 10.2 Å². The standard InChI is InChI=1S/C21H24N2O3/c1-16(20-14-17-8-6-7-11-19(17)26-20)22-21(24)15-23(2)12-13-25-18-9-4-3-5-10-18/h3-11,14,16H,12-13,15H2,1-2H3,(H,22,24)/t16-/m0/s1. The van der Waals surface area contributed by atoms with Crippen molar-refractivity contribution in [2.45, 2.75) is 13.0 Å². The number of furan rings is 1. The summed E-state index contributed by atoms with van der Waals surface area (Å²) < 4.78 is 11.5. The van der Waals surface area contributed by atoms with Crippen LogP contribution in [0.3, 0.4) is 0 Å². The van der Waals surface area contributed by atoms with Crippen LogP contribution in [0, 0.1) is 0 Å². The Kier molecular flexibility index (Phi) is 5.92. The average Bonchev–Trinajstić information content (AvgIpc) is 3.07. The summed E-state index contributed by atoms with van der Waals surface area (Å²) in [5.41, 5.74) is 0.832. The predicted octanol–water partition coefficient (Wildman–Crippen LogP) is 3.62. The van der Waals surface area contributed by atoms with E-state index in [0.717, 1.165) is 22.5 Å². The first-order valence-corrected chi connectivity index (χ1v) is 8.76. The van der Waals surface area contributed by atoms with Crippen molar-refractivity contribution in [2.24, 2.45) is 0 Å². The third-order valence-electron chi connectivity index (χ3n) is 4.15. The van der Waals surface area contributed by atoms with E-state index in [1.54, 1.807) is 0 Å². The molecule has 0 aliphatic carbocycles. The Morgan fingerprint density at radius 2 is 1.88 bits per heavy atom. The van der Waals surface area contributed by atoms with Gasteiger partial charge >= 0.3 is 0 Å². The van der Waals surface area contributed by atoms with E-state index in [1.165, 1.54) is 0 Å². The Morgan fingerprint density at radius 1 is 1.15 bits per heavy atom. The normalized spacial score (nSPS) is 12.3. The van der Waals surface area contributed by atoms with E-state index >= 15 is 0 Å². The summed E-state index contributed by atoms with van der Waals surface area (Å²) in [7, 11) is 1.90. The minimum atomic E-state index is -0.177. The number of nitrogens with zero attached hydrogens (tertiary/aromatic N) is 1. The van der Waals surface area contributed by atoms with Crippen LogP contribution in [0.1, 0.15) is 18.7 Å². The predicted molar refractivity (Wildman–Crippen MR) is 102 cm³/mol. The Bertz CT molecular complexity index is 812. The maximum atomic E-state index is 12.3. The molecule has 5 heteroatoms. The van der Waals surface area contributed by atoms with E-state index in [0.29, 0.717) is 19.7 Å². The van der Waals surface area contributed by atoms with Gasteiger partial charge in [0.05, 0.1) is 12.6 Å².